The first-order chi connectivity index (χ1) is 3.93. The Morgan fingerprint density at radius 3 is 2.22 bits per heavy atom. The van der Waals surface area contributed by atoms with E-state index in [1.165, 1.54) is 0 Å². The van der Waals surface area contributed by atoms with Crippen molar-refractivity contribution in [3.05, 3.63) is 0 Å². The van der Waals surface area contributed by atoms with Crippen LogP contribution in [0.4, 0.5) is 0 Å². The first kappa shape index (κ1) is 9.12. The zero-order valence-electron chi connectivity index (χ0n) is 5.18. The van der Waals surface area contributed by atoms with Crippen molar-refractivity contribution in [3.8, 4) is 0 Å². The monoisotopic (exact) mass is 296 g/mol. The number of hydrogen-bond acceptors (Lipinski definition) is 2. The van der Waals surface area contributed by atoms with Crippen molar-refractivity contribution in [1.29, 1.82) is 5.41 Å². The van der Waals surface area contributed by atoms with E-state index in [0.717, 1.165) is 26.2 Å². The quantitative estimate of drug-likeness (QED) is 0.384. The molecule has 0 radical (unpaired) electrons. The molecule has 52 valence electrons. The second kappa shape index (κ2) is 4.95. The Labute approximate surface area is 69.6 Å². The van der Waals surface area contributed by atoms with Crippen LogP contribution in [0.3, 0.4) is 0 Å². The van der Waals surface area contributed by atoms with Gasteiger partial charge in [-0.3, -0.25) is 0 Å². The summed E-state index contributed by atoms with van der Waals surface area (Å²) in [6.45, 7) is 3.85. The molecule has 9 heavy (non-hydrogen) atoms. The molecule has 1 aliphatic rings. The Morgan fingerprint density at radius 2 is 1.89 bits per heavy atom. The Kier molecular flexibility index (Phi) is 5.01. The SMILES string of the molecule is N=[C-]N1CCNCC1.[W]. The number of nitrogens with one attached hydrogen (secondary N) is 2. The molecule has 0 unspecified atom stereocenters. The van der Waals surface area contributed by atoms with Crippen molar-refractivity contribution in [2.45, 2.75) is 0 Å². The van der Waals surface area contributed by atoms with Gasteiger partial charge in [0.05, 0.1) is 0 Å². The normalized spacial score (nSPS) is 18.4. The van der Waals surface area contributed by atoms with E-state index in [-0.39, 0.29) is 21.1 Å². The minimum atomic E-state index is 0. The first-order valence-corrected chi connectivity index (χ1v) is 2.81. The molecule has 4 heteroatoms. The first-order valence-electron chi connectivity index (χ1n) is 2.81. The van der Waals surface area contributed by atoms with Crippen molar-refractivity contribution >= 4 is 6.34 Å². The predicted molar refractivity (Wildman–Crippen MR) is 32.2 cm³/mol. The smallest absolute Gasteiger partial charge is 0.0102 e. The molecule has 0 aliphatic carbocycles. The Balaban J connectivity index is 0.000000640. The summed E-state index contributed by atoms with van der Waals surface area (Å²) in [5.74, 6) is 0. The van der Waals surface area contributed by atoms with Gasteiger partial charge in [0, 0.05) is 34.2 Å². The molecule has 1 heterocycles. The van der Waals surface area contributed by atoms with E-state index in [2.05, 4.69) is 11.7 Å². The molecule has 0 saturated carbocycles. The van der Waals surface area contributed by atoms with Gasteiger partial charge in [0.2, 0.25) is 0 Å². The van der Waals surface area contributed by atoms with Gasteiger partial charge >= 0.3 is 0 Å². The fraction of sp³-hybridized carbons (Fsp3) is 0.800. The summed E-state index contributed by atoms with van der Waals surface area (Å²) in [5, 5.41) is 9.93. The van der Waals surface area contributed by atoms with Gasteiger partial charge in [-0.25, -0.2) is 0 Å². The minimum Gasteiger partial charge on any atom is -0.536 e. The number of nitrogens with zero attached hydrogens (tertiary/aromatic N) is 1. The van der Waals surface area contributed by atoms with Crippen LogP contribution in [-0.2, 0) is 21.1 Å². The summed E-state index contributed by atoms with van der Waals surface area (Å²) < 4.78 is 0. The topological polar surface area (TPSA) is 39.1 Å². The molecule has 1 saturated heterocycles. The molecule has 1 aliphatic heterocycles. The summed E-state index contributed by atoms with van der Waals surface area (Å²) in [7, 11) is 0. The molecule has 1 fully saturated rings. The summed E-state index contributed by atoms with van der Waals surface area (Å²) in [4.78, 5) is 1.87. The molecule has 0 atom stereocenters. The molecular weight excluding hydrogens is 286 g/mol. The van der Waals surface area contributed by atoms with Crippen molar-refractivity contribution in [3.63, 3.8) is 0 Å². The van der Waals surface area contributed by atoms with Crippen LogP contribution >= 0.6 is 0 Å². The van der Waals surface area contributed by atoms with Gasteiger partial charge in [0.1, 0.15) is 0 Å². The van der Waals surface area contributed by atoms with Crippen LogP contribution in [0.2, 0.25) is 0 Å². The van der Waals surface area contributed by atoms with E-state index in [0.29, 0.717) is 0 Å². The Bertz CT molecular complexity index is 80.3. The second-order valence-electron chi connectivity index (χ2n) is 1.85. The van der Waals surface area contributed by atoms with Gasteiger partial charge in [0.25, 0.3) is 0 Å². The van der Waals surface area contributed by atoms with Crippen LogP contribution in [0.25, 0.3) is 0 Å². The molecule has 0 aromatic rings. The zero-order chi connectivity index (χ0) is 5.82. The fourth-order valence-corrected chi connectivity index (χ4v) is 0.777. The van der Waals surface area contributed by atoms with Crippen LogP contribution in [-0.4, -0.2) is 37.4 Å². The maximum Gasteiger partial charge on any atom is 0.0102 e. The van der Waals surface area contributed by atoms with Gasteiger partial charge < -0.3 is 22.0 Å². The van der Waals surface area contributed by atoms with Crippen LogP contribution in [0.15, 0.2) is 0 Å². The van der Waals surface area contributed by atoms with Crippen molar-refractivity contribution in [2.75, 3.05) is 26.2 Å². The Morgan fingerprint density at radius 1 is 1.33 bits per heavy atom. The summed E-state index contributed by atoms with van der Waals surface area (Å²) in [6.07, 6.45) is 2.35. The molecule has 0 aromatic heterocycles. The average Bonchev–Trinajstić information content (AvgIpc) is 1.90. The fourth-order valence-electron chi connectivity index (χ4n) is 0.777. The van der Waals surface area contributed by atoms with Gasteiger partial charge in [-0.2, -0.15) is 0 Å². The molecule has 0 spiro atoms. The van der Waals surface area contributed by atoms with Crippen LogP contribution < -0.4 is 5.32 Å². The molecule has 2 N–H and O–H groups in total. The van der Waals surface area contributed by atoms with Gasteiger partial charge in [-0.05, 0) is 13.1 Å². The Hall–Kier alpha value is 0.118. The molecule has 0 amide bonds. The van der Waals surface area contributed by atoms with Crippen molar-refractivity contribution in [1.82, 2.24) is 10.2 Å². The number of rotatable bonds is 1. The van der Waals surface area contributed by atoms with E-state index in [1.54, 1.807) is 0 Å². The van der Waals surface area contributed by atoms with E-state index >= 15 is 0 Å². The molecule has 0 aromatic carbocycles. The zero-order valence-corrected chi connectivity index (χ0v) is 8.12. The average molecular weight is 296 g/mol. The summed E-state index contributed by atoms with van der Waals surface area (Å²) in [6, 6.07) is 0. The second-order valence-corrected chi connectivity index (χ2v) is 1.85. The van der Waals surface area contributed by atoms with Crippen molar-refractivity contribution < 1.29 is 21.1 Å². The minimum absolute atomic E-state index is 0. The predicted octanol–water partition coefficient (Wildman–Crippen LogP) is -0.627. The number of hydrogen-bond donors (Lipinski definition) is 2. The van der Waals surface area contributed by atoms with Gasteiger partial charge in [-0.15, -0.1) is 0 Å². The van der Waals surface area contributed by atoms with E-state index < -0.39 is 0 Å². The summed E-state index contributed by atoms with van der Waals surface area (Å²) in [5.41, 5.74) is 0. The van der Waals surface area contributed by atoms with E-state index in [9.17, 15) is 0 Å². The largest absolute Gasteiger partial charge is 0.536 e. The standard InChI is InChI=1S/C5H10N3.W/c6-5-8-3-1-7-2-4-8;/h6-7H,1-4H2;/q-1;. The maximum absolute atomic E-state index is 6.75. The summed E-state index contributed by atoms with van der Waals surface area (Å²) >= 11 is 0. The van der Waals surface area contributed by atoms with Crippen LogP contribution in [0, 0.1) is 5.41 Å². The third-order valence-electron chi connectivity index (χ3n) is 1.28. The van der Waals surface area contributed by atoms with E-state index in [4.69, 9.17) is 5.41 Å². The molecular formula is C5H10N3W-. The van der Waals surface area contributed by atoms with Crippen LogP contribution in [0.1, 0.15) is 0 Å². The van der Waals surface area contributed by atoms with E-state index in [1.807, 2.05) is 4.90 Å². The molecule has 3 nitrogen and oxygen atoms in total. The third-order valence-corrected chi connectivity index (χ3v) is 1.28. The van der Waals surface area contributed by atoms with Crippen molar-refractivity contribution in [2.24, 2.45) is 0 Å². The molecule has 0 bridgehead atoms. The van der Waals surface area contributed by atoms with Gasteiger partial charge in [-0.1, -0.05) is 0 Å². The molecule has 1 rings (SSSR count). The van der Waals surface area contributed by atoms with Crippen LogP contribution in [0.5, 0.6) is 0 Å². The third kappa shape index (κ3) is 2.97. The number of piperazine rings is 1. The maximum atomic E-state index is 6.75. The van der Waals surface area contributed by atoms with Gasteiger partial charge in [0.15, 0.2) is 0 Å².